The van der Waals surface area contributed by atoms with Crippen molar-refractivity contribution in [2.45, 2.75) is 19.4 Å². The van der Waals surface area contributed by atoms with Crippen LogP contribution in [0.4, 0.5) is 11.4 Å². The van der Waals surface area contributed by atoms with Gasteiger partial charge in [0.25, 0.3) is 0 Å². The van der Waals surface area contributed by atoms with Crippen molar-refractivity contribution in [2.75, 3.05) is 16.8 Å². The maximum absolute atomic E-state index is 11.8. The molecular formula is C21H20N4O. The first kappa shape index (κ1) is 16.3. The third-order valence-electron chi connectivity index (χ3n) is 4.49. The topological polar surface area (TPSA) is 58.1 Å². The molecule has 0 spiro atoms. The highest BCUT2D eigenvalue weighted by atomic mass is 16.2. The maximum atomic E-state index is 11.8. The molecule has 1 aromatic heterocycles. The fourth-order valence-corrected chi connectivity index (χ4v) is 3.07. The summed E-state index contributed by atoms with van der Waals surface area (Å²) in [4.78, 5) is 22.5. The van der Waals surface area contributed by atoms with Crippen LogP contribution in [0.2, 0.25) is 0 Å². The number of nitrogens with one attached hydrogen (secondary N) is 1. The van der Waals surface area contributed by atoms with Crippen molar-refractivity contribution in [3.8, 4) is 11.4 Å². The Hall–Kier alpha value is -3.21. The van der Waals surface area contributed by atoms with Gasteiger partial charge in [0.05, 0.1) is 0 Å². The van der Waals surface area contributed by atoms with E-state index in [1.54, 1.807) is 0 Å². The number of nitrogens with zero attached hydrogens (tertiary/aromatic N) is 3. The van der Waals surface area contributed by atoms with E-state index in [-0.39, 0.29) is 5.91 Å². The van der Waals surface area contributed by atoms with Crippen LogP contribution in [0.25, 0.3) is 11.4 Å². The second kappa shape index (κ2) is 7.35. The zero-order valence-corrected chi connectivity index (χ0v) is 14.4. The van der Waals surface area contributed by atoms with Crippen molar-refractivity contribution in [1.82, 2.24) is 9.97 Å². The van der Waals surface area contributed by atoms with Crippen LogP contribution in [0.15, 0.2) is 67.0 Å². The van der Waals surface area contributed by atoms with Gasteiger partial charge in [-0.1, -0.05) is 30.3 Å². The molecule has 1 amide bonds. The molecule has 1 aliphatic heterocycles. The summed E-state index contributed by atoms with van der Waals surface area (Å²) >= 11 is 0. The van der Waals surface area contributed by atoms with Gasteiger partial charge < -0.3 is 10.2 Å². The zero-order valence-electron chi connectivity index (χ0n) is 14.4. The van der Waals surface area contributed by atoms with Gasteiger partial charge in [0.2, 0.25) is 5.91 Å². The van der Waals surface area contributed by atoms with Crippen LogP contribution in [-0.2, 0) is 11.3 Å². The lowest BCUT2D eigenvalue weighted by Gasteiger charge is -2.16. The summed E-state index contributed by atoms with van der Waals surface area (Å²) in [7, 11) is 0. The molecule has 0 atom stereocenters. The molecule has 2 aromatic carbocycles. The Kier molecular flexibility index (Phi) is 4.60. The molecule has 2 heterocycles. The number of carbonyl (C=O) groups excluding carboxylic acids is 1. The van der Waals surface area contributed by atoms with Crippen molar-refractivity contribution in [2.24, 2.45) is 0 Å². The number of rotatable bonds is 5. The van der Waals surface area contributed by atoms with Gasteiger partial charge in [-0.25, -0.2) is 9.97 Å². The molecule has 26 heavy (non-hydrogen) atoms. The number of carbonyl (C=O) groups is 1. The SMILES string of the molecule is O=C1CCCN1c1ccc(NCc2cnc(-c3ccccc3)nc2)cc1. The lowest BCUT2D eigenvalue weighted by molar-refractivity contribution is -0.117. The second-order valence-electron chi connectivity index (χ2n) is 6.33. The molecule has 5 nitrogen and oxygen atoms in total. The van der Waals surface area contributed by atoms with E-state index >= 15 is 0 Å². The first-order valence-electron chi connectivity index (χ1n) is 8.80. The van der Waals surface area contributed by atoms with Gasteiger partial charge in [-0.05, 0) is 30.7 Å². The second-order valence-corrected chi connectivity index (χ2v) is 6.33. The predicted octanol–water partition coefficient (Wildman–Crippen LogP) is 3.88. The number of anilines is 2. The van der Waals surface area contributed by atoms with Crippen LogP contribution in [0.1, 0.15) is 18.4 Å². The minimum absolute atomic E-state index is 0.210. The average Bonchev–Trinajstić information content (AvgIpc) is 3.14. The molecule has 1 fully saturated rings. The number of benzene rings is 2. The van der Waals surface area contributed by atoms with E-state index in [0.29, 0.717) is 13.0 Å². The van der Waals surface area contributed by atoms with Crippen molar-refractivity contribution in [3.63, 3.8) is 0 Å². The Morgan fingerprint density at radius 2 is 1.69 bits per heavy atom. The summed E-state index contributed by atoms with van der Waals surface area (Å²) in [5.41, 5.74) is 4.00. The third kappa shape index (κ3) is 3.57. The Labute approximate surface area is 152 Å². The smallest absolute Gasteiger partial charge is 0.227 e. The van der Waals surface area contributed by atoms with Crippen molar-refractivity contribution in [1.29, 1.82) is 0 Å². The van der Waals surface area contributed by atoms with E-state index in [0.717, 1.165) is 41.3 Å². The summed E-state index contributed by atoms with van der Waals surface area (Å²) in [6, 6.07) is 17.9. The minimum atomic E-state index is 0.210. The monoisotopic (exact) mass is 344 g/mol. The molecule has 0 saturated carbocycles. The van der Waals surface area contributed by atoms with E-state index in [2.05, 4.69) is 15.3 Å². The number of hydrogen-bond donors (Lipinski definition) is 1. The van der Waals surface area contributed by atoms with Gasteiger partial charge in [-0.3, -0.25) is 4.79 Å². The summed E-state index contributed by atoms with van der Waals surface area (Å²) < 4.78 is 0. The van der Waals surface area contributed by atoms with Gasteiger partial charge in [-0.2, -0.15) is 0 Å². The van der Waals surface area contributed by atoms with Crippen molar-refractivity contribution < 1.29 is 4.79 Å². The van der Waals surface area contributed by atoms with E-state index in [1.807, 2.05) is 71.9 Å². The van der Waals surface area contributed by atoms with Crippen LogP contribution in [0.5, 0.6) is 0 Å². The van der Waals surface area contributed by atoms with E-state index in [4.69, 9.17) is 0 Å². The Bertz CT molecular complexity index is 876. The molecule has 130 valence electrons. The lowest BCUT2D eigenvalue weighted by Crippen LogP contribution is -2.23. The van der Waals surface area contributed by atoms with Crippen LogP contribution in [0.3, 0.4) is 0 Å². The first-order valence-corrected chi connectivity index (χ1v) is 8.80. The molecule has 1 N–H and O–H groups in total. The van der Waals surface area contributed by atoms with Gasteiger partial charge in [-0.15, -0.1) is 0 Å². The Balaban J connectivity index is 1.37. The third-order valence-corrected chi connectivity index (χ3v) is 4.49. The molecule has 1 saturated heterocycles. The maximum Gasteiger partial charge on any atom is 0.227 e. The van der Waals surface area contributed by atoms with Crippen LogP contribution < -0.4 is 10.2 Å². The van der Waals surface area contributed by atoms with Crippen molar-refractivity contribution in [3.05, 3.63) is 72.6 Å². The fourth-order valence-electron chi connectivity index (χ4n) is 3.07. The Morgan fingerprint density at radius 1 is 0.962 bits per heavy atom. The number of aromatic nitrogens is 2. The lowest BCUT2D eigenvalue weighted by atomic mass is 10.2. The highest BCUT2D eigenvalue weighted by molar-refractivity contribution is 5.95. The average molecular weight is 344 g/mol. The molecule has 5 heteroatoms. The standard InChI is InChI=1S/C21H20N4O/c26-20-7-4-12-25(20)19-10-8-18(9-11-19)22-13-16-14-23-21(24-15-16)17-5-2-1-3-6-17/h1-3,5-6,8-11,14-15,22H,4,7,12-13H2. The molecule has 0 aliphatic carbocycles. The van der Waals surface area contributed by atoms with E-state index in [1.165, 1.54) is 0 Å². The minimum Gasteiger partial charge on any atom is -0.381 e. The van der Waals surface area contributed by atoms with Crippen LogP contribution >= 0.6 is 0 Å². The van der Waals surface area contributed by atoms with Crippen molar-refractivity contribution >= 4 is 17.3 Å². The summed E-state index contributed by atoms with van der Waals surface area (Å²) in [5.74, 6) is 0.940. The highest BCUT2D eigenvalue weighted by Crippen LogP contribution is 2.23. The van der Waals surface area contributed by atoms with Crippen LogP contribution in [-0.4, -0.2) is 22.4 Å². The summed E-state index contributed by atoms with van der Waals surface area (Å²) in [5, 5.41) is 3.37. The molecule has 0 unspecified atom stereocenters. The highest BCUT2D eigenvalue weighted by Gasteiger charge is 2.21. The largest absolute Gasteiger partial charge is 0.381 e. The molecule has 4 rings (SSSR count). The number of amides is 1. The molecular weight excluding hydrogens is 324 g/mol. The molecule has 0 radical (unpaired) electrons. The number of hydrogen-bond acceptors (Lipinski definition) is 4. The van der Waals surface area contributed by atoms with E-state index in [9.17, 15) is 4.79 Å². The van der Waals surface area contributed by atoms with Gasteiger partial charge >= 0.3 is 0 Å². The predicted molar refractivity (Wildman–Crippen MR) is 103 cm³/mol. The molecule has 3 aromatic rings. The van der Waals surface area contributed by atoms with Crippen LogP contribution in [0, 0.1) is 0 Å². The Morgan fingerprint density at radius 3 is 2.35 bits per heavy atom. The van der Waals surface area contributed by atoms with E-state index < -0.39 is 0 Å². The molecule has 0 bridgehead atoms. The summed E-state index contributed by atoms with van der Waals surface area (Å²) in [6.07, 6.45) is 5.29. The fraction of sp³-hybridized carbons (Fsp3) is 0.190. The van der Waals surface area contributed by atoms with Gasteiger partial charge in [0.1, 0.15) is 0 Å². The van der Waals surface area contributed by atoms with Gasteiger partial charge in [0.15, 0.2) is 5.82 Å². The zero-order chi connectivity index (χ0) is 17.8. The molecule has 1 aliphatic rings. The normalized spacial score (nSPS) is 13.8. The summed E-state index contributed by atoms with van der Waals surface area (Å²) in [6.45, 7) is 1.47. The quantitative estimate of drug-likeness (QED) is 0.763. The van der Waals surface area contributed by atoms with Gasteiger partial charge in [0, 0.05) is 54.4 Å². The first-order chi connectivity index (χ1) is 12.8.